The van der Waals surface area contributed by atoms with Gasteiger partial charge in [-0.15, -0.1) is 0 Å². The zero-order valence-corrected chi connectivity index (χ0v) is 12.2. The lowest BCUT2D eigenvalue weighted by Crippen LogP contribution is -2.35. The van der Waals surface area contributed by atoms with Crippen LogP contribution in [0.5, 0.6) is 0 Å². The van der Waals surface area contributed by atoms with Gasteiger partial charge >= 0.3 is 0 Å². The normalized spacial score (nSPS) is 27.9. The van der Waals surface area contributed by atoms with Crippen molar-refractivity contribution in [2.24, 2.45) is 5.92 Å². The lowest BCUT2D eigenvalue weighted by molar-refractivity contribution is 0.0751. The third kappa shape index (κ3) is 2.87. The van der Waals surface area contributed by atoms with Crippen molar-refractivity contribution in [3.63, 3.8) is 0 Å². The number of methoxy groups -OCH3 is 1. The molecule has 6 nitrogen and oxygen atoms in total. The van der Waals surface area contributed by atoms with Crippen LogP contribution in [0.25, 0.3) is 0 Å². The molecular formula is C14H23N3O3. The fourth-order valence-corrected chi connectivity index (χ4v) is 2.75. The highest BCUT2D eigenvalue weighted by molar-refractivity contribution is 5.05. The van der Waals surface area contributed by atoms with Gasteiger partial charge in [0, 0.05) is 13.2 Å². The molecule has 1 saturated heterocycles. The van der Waals surface area contributed by atoms with E-state index in [9.17, 15) is 0 Å². The van der Waals surface area contributed by atoms with Crippen molar-refractivity contribution in [3.8, 4) is 0 Å². The van der Waals surface area contributed by atoms with E-state index in [4.69, 9.17) is 14.0 Å². The van der Waals surface area contributed by atoms with Crippen LogP contribution < -0.4 is 5.32 Å². The summed E-state index contributed by atoms with van der Waals surface area (Å²) in [5.74, 6) is 2.07. The second kappa shape index (κ2) is 6.20. The Hall–Kier alpha value is -0.980. The van der Waals surface area contributed by atoms with Crippen LogP contribution in [0.1, 0.15) is 49.9 Å². The van der Waals surface area contributed by atoms with Gasteiger partial charge in [-0.3, -0.25) is 0 Å². The van der Waals surface area contributed by atoms with Crippen LogP contribution in [0, 0.1) is 5.92 Å². The minimum atomic E-state index is -0.0168. The van der Waals surface area contributed by atoms with Crippen LogP contribution >= 0.6 is 0 Å². The second-order valence-electron chi connectivity index (χ2n) is 5.69. The van der Waals surface area contributed by atoms with Crippen molar-refractivity contribution >= 4 is 0 Å². The largest absolute Gasteiger partial charge is 0.379 e. The molecule has 1 aromatic heterocycles. The highest BCUT2D eigenvalue weighted by Gasteiger charge is 2.38. The van der Waals surface area contributed by atoms with Gasteiger partial charge in [-0.2, -0.15) is 4.98 Å². The van der Waals surface area contributed by atoms with E-state index in [0.29, 0.717) is 30.8 Å². The lowest BCUT2D eigenvalue weighted by Gasteiger charge is -2.15. The van der Waals surface area contributed by atoms with Gasteiger partial charge in [0.15, 0.2) is 0 Å². The van der Waals surface area contributed by atoms with Crippen molar-refractivity contribution in [3.05, 3.63) is 11.7 Å². The number of hydrogen-bond donors (Lipinski definition) is 1. The van der Waals surface area contributed by atoms with E-state index in [-0.39, 0.29) is 18.1 Å². The Bertz CT molecular complexity index is 433. The van der Waals surface area contributed by atoms with Gasteiger partial charge in [0.25, 0.3) is 0 Å². The zero-order valence-electron chi connectivity index (χ0n) is 12.2. The summed E-state index contributed by atoms with van der Waals surface area (Å²) in [5, 5.41) is 7.60. The van der Waals surface area contributed by atoms with Crippen LogP contribution in [0.4, 0.5) is 0 Å². The third-order valence-corrected chi connectivity index (χ3v) is 4.07. The molecular weight excluding hydrogens is 258 g/mol. The molecule has 0 amide bonds. The molecule has 1 aliphatic carbocycles. The zero-order chi connectivity index (χ0) is 13.9. The summed E-state index contributed by atoms with van der Waals surface area (Å²) in [5.41, 5.74) is 0. The first-order chi connectivity index (χ1) is 9.83. The number of nitrogens with one attached hydrogen (secondary N) is 1. The second-order valence-corrected chi connectivity index (χ2v) is 5.69. The van der Waals surface area contributed by atoms with E-state index in [1.807, 2.05) is 0 Å². The summed E-state index contributed by atoms with van der Waals surface area (Å²) >= 11 is 0. The molecule has 3 unspecified atom stereocenters. The molecule has 1 aromatic rings. The van der Waals surface area contributed by atoms with Gasteiger partial charge in [0.05, 0.1) is 19.1 Å². The quantitative estimate of drug-likeness (QED) is 0.819. The molecule has 2 aliphatic rings. The Kier molecular flexibility index (Phi) is 4.33. The molecule has 0 radical (unpaired) electrons. The monoisotopic (exact) mass is 281 g/mol. The number of ether oxygens (including phenoxy) is 2. The van der Waals surface area contributed by atoms with Gasteiger partial charge in [0.2, 0.25) is 11.7 Å². The standard InChI is InChI=1S/C14H23N3O3/c1-3-6-15-11-8-19-7-10(11)14-16-13(17-20-14)12(18-2)9-4-5-9/h9-12,15H,3-8H2,1-2H3. The van der Waals surface area contributed by atoms with Gasteiger partial charge in [0.1, 0.15) is 6.10 Å². The average molecular weight is 281 g/mol. The number of rotatable bonds is 7. The van der Waals surface area contributed by atoms with E-state index in [2.05, 4.69) is 22.4 Å². The molecule has 3 rings (SSSR count). The molecule has 112 valence electrons. The summed E-state index contributed by atoms with van der Waals surface area (Å²) in [6, 6.07) is 0.269. The fourth-order valence-electron chi connectivity index (χ4n) is 2.75. The topological polar surface area (TPSA) is 69.4 Å². The number of aromatic nitrogens is 2. The highest BCUT2D eigenvalue weighted by Crippen LogP contribution is 2.42. The molecule has 3 atom stereocenters. The molecule has 1 aliphatic heterocycles. The Morgan fingerprint density at radius 2 is 2.25 bits per heavy atom. The first-order valence-electron chi connectivity index (χ1n) is 7.51. The van der Waals surface area contributed by atoms with Crippen molar-refractivity contribution in [2.45, 2.75) is 44.2 Å². The number of nitrogens with zero attached hydrogens (tertiary/aromatic N) is 2. The van der Waals surface area contributed by atoms with Gasteiger partial charge in [-0.1, -0.05) is 12.1 Å². The maximum absolute atomic E-state index is 5.56. The van der Waals surface area contributed by atoms with Crippen LogP contribution in [0.3, 0.4) is 0 Å². The average Bonchev–Trinajstić information content (AvgIpc) is 3.00. The Morgan fingerprint density at radius 1 is 1.40 bits per heavy atom. The van der Waals surface area contributed by atoms with Gasteiger partial charge in [-0.25, -0.2) is 0 Å². The molecule has 0 bridgehead atoms. The maximum atomic E-state index is 5.56. The predicted octanol–water partition coefficient (Wildman–Crippen LogP) is 1.65. The van der Waals surface area contributed by atoms with Gasteiger partial charge in [-0.05, 0) is 31.7 Å². The van der Waals surface area contributed by atoms with E-state index in [1.165, 1.54) is 12.8 Å². The Morgan fingerprint density at radius 3 is 2.95 bits per heavy atom. The maximum Gasteiger partial charge on any atom is 0.233 e. The van der Waals surface area contributed by atoms with Crippen LogP contribution in [0.15, 0.2) is 4.52 Å². The van der Waals surface area contributed by atoms with Crippen LogP contribution in [0.2, 0.25) is 0 Å². The first-order valence-corrected chi connectivity index (χ1v) is 7.51. The van der Waals surface area contributed by atoms with Crippen LogP contribution in [-0.2, 0) is 9.47 Å². The lowest BCUT2D eigenvalue weighted by atomic mass is 10.0. The molecule has 0 aromatic carbocycles. The molecule has 2 heterocycles. The highest BCUT2D eigenvalue weighted by atomic mass is 16.5. The summed E-state index contributed by atoms with van der Waals surface area (Å²) in [6.07, 6.45) is 3.47. The summed E-state index contributed by atoms with van der Waals surface area (Å²) < 4.78 is 16.5. The molecule has 6 heteroatoms. The SMILES string of the molecule is CCCNC1COCC1c1nc(C(OC)C2CC2)no1. The molecule has 0 spiro atoms. The minimum Gasteiger partial charge on any atom is -0.379 e. The molecule has 1 N–H and O–H groups in total. The number of hydrogen-bond acceptors (Lipinski definition) is 6. The predicted molar refractivity (Wildman–Crippen MR) is 72.4 cm³/mol. The van der Waals surface area contributed by atoms with Gasteiger partial charge < -0.3 is 19.3 Å². The van der Waals surface area contributed by atoms with E-state index in [1.54, 1.807) is 7.11 Å². The Labute approximate surface area is 119 Å². The van der Waals surface area contributed by atoms with Crippen molar-refractivity contribution < 1.29 is 14.0 Å². The van der Waals surface area contributed by atoms with E-state index in [0.717, 1.165) is 13.0 Å². The van der Waals surface area contributed by atoms with Crippen LogP contribution in [-0.4, -0.2) is 43.1 Å². The summed E-state index contributed by atoms with van der Waals surface area (Å²) in [7, 11) is 1.71. The van der Waals surface area contributed by atoms with Crippen molar-refractivity contribution in [1.29, 1.82) is 0 Å². The fraction of sp³-hybridized carbons (Fsp3) is 0.857. The smallest absolute Gasteiger partial charge is 0.233 e. The third-order valence-electron chi connectivity index (χ3n) is 4.07. The summed E-state index contributed by atoms with van der Waals surface area (Å²) in [6.45, 7) is 4.48. The van der Waals surface area contributed by atoms with Crippen molar-refractivity contribution in [2.75, 3.05) is 26.9 Å². The minimum absolute atomic E-state index is 0.0168. The Balaban J connectivity index is 1.68. The van der Waals surface area contributed by atoms with E-state index >= 15 is 0 Å². The molecule has 2 fully saturated rings. The van der Waals surface area contributed by atoms with Crippen molar-refractivity contribution in [1.82, 2.24) is 15.5 Å². The summed E-state index contributed by atoms with van der Waals surface area (Å²) in [4.78, 5) is 4.56. The first kappa shape index (κ1) is 14.0. The molecule has 20 heavy (non-hydrogen) atoms. The molecule has 1 saturated carbocycles. The van der Waals surface area contributed by atoms with E-state index < -0.39 is 0 Å².